The van der Waals surface area contributed by atoms with Crippen LogP contribution in [-0.2, 0) is 9.47 Å². The van der Waals surface area contributed by atoms with Crippen LogP contribution in [0.15, 0.2) is 0 Å². The standard InChI is InChI=1S/C25H52O2/c1-7-9-10-11-12-16-26-21-27-17-13-15-23(4)19-25(6)20-24(5)18-22(3)14-8-2/h22-25H,7-21H2,1-6H3. The van der Waals surface area contributed by atoms with E-state index in [4.69, 9.17) is 9.47 Å². The van der Waals surface area contributed by atoms with Gasteiger partial charge in [0.05, 0.1) is 0 Å². The highest BCUT2D eigenvalue weighted by Gasteiger charge is 2.14. The fourth-order valence-corrected chi connectivity index (χ4v) is 4.50. The predicted octanol–water partition coefficient (Wildman–Crippen LogP) is 8.24. The zero-order chi connectivity index (χ0) is 20.3. The van der Waals surface area contributed by atoms with Crippen LogP contribution in [0.25, 0.3) is 0 Å². The number of ether oxygens (including phenoxy) is 2. The van der Waals surface area contributed by atoms with Crippen LogP contribution >= 0.6 is 0 Å². The fraction of sp³-hybridized carbons (Fsp3) is 1.00. The molecule has 2 nitrogen and oxygen atoms in total. The van der Waals surface area contributed by atoms with E-state index in [1.165, 1.54) is 70.6 Å². The molecule has 0 aliphatic rings. The topological polar surface area (TPSA) is 18.5 Å². The van der Waals surface area contributed by atoms with E-state index in [0.717, 1.165) is 43.3 Å². The first kappa shape index (κ1) is 26.9. The number of rotatable bonds is 20. The minimum Gasteiger partial charge on any atom is -0.355 e. The van der Waals surface area contributed by atoms with Gasteiger partial charge in [-0.3, -0.25) is 0 Å². The molecule has 27 heavy (non-hydrogen) atoms. The monoisotopic (exact) mass is 384 g/mol. The Balaban J connectivity index is 3.50. The van der Waals surface area contributed by atoms with Crippen molar-refractivity contribution in [1.29, 1.82) is 0 Å². The van der Waals surface area contributed by atoms with E-state index in [1.807, 2.05) is 0 Å². The zero-order valence-corrected chi connectivity index (χ0v) is 19.7. The lowest BCUT2D eigenvalue weighted by Crippen LogP contribution is -2.11. The van der Waals surface area contributed by atoms with Gasteiger partial charge in [0.2, 0.25) is 0 Å². The molecule has 0 radical (unpaired) electrons. The Kier molecular flexibility index (Phi) is 19.2. The molecule has 0 aliphatic carbocycles. The lowest BCUT2D eigenvalue weighted by molar-refractivity contribution is -0.0561. The van der Waals surface area contributed by atoms with Crippen molar-refractivity contribution in [2.45, 2.75) is 119 Å². The molecule has 0 heterocycles. The molecule has 164 valence electrons. The Labute approximate surface area is 172 Å². The summed E-state index contributed by atoms with van der Waals surface area (Å²) in [6.45, 7) is 16.5. The SMILES string of the molecule is CCCCCCCOCOCCCC(C)CC(C)CC(C)CC(C)CCC. The Hall–Kier alpha value is -0.0800. The minimum atomic E-state index is 0.478. The van der Waals surface area contributed by atoms with E-state index in [9.17, 15) is 0 Å². The second-order valence-corrected chi connectivity index (χ2v) is 9.41. The van der Waals surface area contributed by atoms with Crippen LogP contribution in [-0.4, -0.2) is 20.0 Å². The minimum absolute atomic E-state index is 0.478. The smallest absolute Gasteiger partial charge is 0.146 e. The molecule has 0 spiro atoms. The molecule has 4 unspecified atom stereocenters. The van der Waals surface area contributed by atoms with Gasteiger partial charge in [-0.1, -0.05) is 80.1 Å². The van der Waals surface area contributed by atoms with Crippen molar-refractivity contribution in [3.05, 3.63) is 0 Å². The molecular formula is C25H52O2. The molecule has 0 aliphatic heterocycles. The van der Waals surface area contributed by atoms with Gasteiger partial charge in [-0.25, -0.2) is 0 Å². The van der Waals surface area contributed by atoms with Crippen molar-refractivity contribution in [1.82, 2.24) is 0 Å². The van der Waals surface area contributed by atoms with E-state index in [1.54, 1.807) is 0 Å². The van der Waals surface area contributed by atoms with E-state index >= 15 is 0 Å². The normalized spacial score (nSPS) is 16.2. The molecule has 0 aromatic heterocycles. The van der Waals surface area contributed by atoms with Gasteiger partial charge in [0.1, 0.15) is 6.79 Å². The van der Waals surface area contributed by atoms with E-state index in [0.29, 0.717) is 6.79 Å². The number of unbranched alkanes of at least 4 members (excludes halogenated alkanes) is 4. The Morgan fingerprint density at radius 3 is 1.63 bits per heavy atom. The van der Waals surface area contributed by atoms with Gasteiger partial charge < -0.3 is 9.47 Å². The summed E-state index contributed by atoms with van der Waals surface area (Å²) in [5.41, 5.74) is 0. The van der Waals surface area contributed by atoms with Crippen molar-refractivity contribution in [3.8, 4) is 0 Å². The molecule has 0 amide bonds. The maximum Gasteiger partial charge on any atom is 0.146 e. The van der Waals surface area contributed by atoms with Gasteiger partial charge in [0, 0.05) is 13.2 Å². The quantitative estimate of drug-likeness (QED) is 0.155. The van der Waals surface area contributed by atoms with Crippen molar-refractivity contribution >= 4 is 0 Å². The largest absolute Gasteiger partial charge is 0.355 e. The molecule has 2 heteroatoms. The highest BCUT2D eigenvalue weighted by molar-refractivity contribution is 4.66. The maximum absolute atomic E-state index is 5.63. The second-order valence-electron chi connectivity index (χ2n) is 9.41. The van der Waals surface area contributed by atoms with Gasteiger partial charge >= 0.3 is 0 Å². The maximum atomic E-state index is 5.63. The van der Waals surface area contributed by atoms with Gasteiger partial charge in [0.25, 0.3) is 0 Å². The molecule has 0 fully saturated rings. The molecule has 0 rings (SSSR count). The Morgan fingerprint density at radius 2 is 1.04 bits per heavy atom. The fourth-order valence-electron chi connectivity index (χ4n) is 4.50. The molecule has 0 saturated carbocycles. The molecule has 0 saturated heterocycles. The second kappa shape index (κ2) is 19.2. The van der Waals surface area contributed by atoms with Crippen LogP contribution in [0, 0.1) is 23.7 Å². The van der Waals surface area contributed by atoms with Crippen molar-refractivity contribution in [3.63, 3.8) is 0 Å². The summed E-state index contributed by atoms with van der Waals surface area (Å²) in [5, 5.41) is 0. The molecule has 0 bridgehead atoms. The summed E-state index contributed by atoms with van der Waals surface area (Å²) in [6, 6.07) is 0. The first-order chi connectivity index (χ1) is 13.0. The van der Waals surface area contributed by atoms with Crippen LogP contribution in [0.1, 0.15) is 119 Å². The van der Waals surface area contributed by atoms with Crippen LogP contribution in [0.5, 0.6) is 0 Å². The zero-order valence-electron chi connectivity index (χ0n) is 19.7. The third kappa shape index (κ3) is 19.0. The number of hydrogen-bond acceptors (Lipinski definition) is 2. The highest BCUT2D eigenvalue weighted by atomic mass is 16.7. The number of hydrogen-bond donors (Lipinski definition) is 0. The highest BCUT2D eigenvalue weighted by Crippen LogP contribution is 2.26. The average Bonchev–Trinajstić information content (AvgIpc) is 2.59. The Bertz CT molecular complexity index is 292. The lowest BCUT2D eigenvalue weighted by Gasteiger charge is -2.22. The van der Waals surface area contributed by atoms with Crippen LogP contribution in [0.4, 0.5) is 0 Å². The van der Waals surface area contributed by atoms with Crippen molar-refractivity contribution in [2.75, 3.05) is 20.0 Å². The molecule has 0 aromatic rings. The molecule has 4 atom stereocenters. The molecule has 0 aromatic carbocycles. The molecule has 0 N–H and O–H groups in total. The van der Waals surface area contributed by atoms with Crippen molar-refractivity contribution < 1.29 is 9.47 Å². The first-order valence-electron chi connectivity index (χ1n) is 12.1. The van der Waals surface area contributed by atoms with Gasteiger partial charge in [-0.05, 0) is 62.2 Å². The summed E-state index contributed by atoms with van der Waals surface area (Å²) in [6.07, 6.45) is 15.8. The third-order valence-electron chi connectivity index (χ3n) is 5.74. The summed E-state index contributed by atoms with van der Waals surface area (Å²) in [7, 11) is 0. The van der Waals surface area contributed by atoms with Gasteiger partial charge in [-0.2, -0.15) is 0 Å². The lowest BCUT2D eigenvalue weighted by atomic mass is 9.84. The first-order valence-corrected chi connectivity index (χ1v) is 12.1. The summed E-state index contributed by atoms with van der Waals surface area (Å²) in [4.78, 5) is 0. The van der Waals surface area contributed by atoms with E-state index < -0.39 is 0 Å². The summed E-state index contributed by atoms with van der Waals surface area (Å²) >= 11 is 0. The van der Waals surface area contributed by atoms with Gasteiger partial charge in [-0.15, -0.1) is 0 Å². The summed E-state index contributed by atoms with van der Waals surface area (Å²) < 4.78 is 11.2. The van der Waals surface area contributed by atoms with Crippen LogP contribution < -0.4 is 0 Å². The average molecular weight is 385 g/mol. The van der Waals surface area contributed by atoms with Crippen LogP contribution in [0.2, 0.25) is 0 Å². The predicted molar refractivity (Wildman–Crippen MR) is 120 cm³/mol. The third-order valence-corrected chi connectivity index (χ3v) is 5.74. The van der Waals surface area contributed by atoms with E-state index in [2.05, 4.69) is 41.5 Å². The summed E-state index contributed by atoms with van der Waals surface area (Å²) in [5.74, 6) is 3.42. The van der Waals surface area contributed by atoms with Gasteiger partial charge in [0.15, 0.2) is 0 Å². The van der Waals surface area contributed by atoms with Crippen LogP contribution in [0.3, 0.4) is 0 Å². The molecular weight excluding hydrogens is 332 g/mol. The van der Waals surface area contributed by atoms with Crippen molar-refractivity contribution in [2.24, 2.45) is 23.7 Å². The Morgan fingerprint density at radius 1 is 0.519 bits per heavy atom. The van der Waals surface area contributed by atoms with E-state index in [-0.39, 0.29) is 0 Å².